The fourth-order valence-corrected chi connectivity index (χ4v) is 4.64. The van der Waals surface area contributed by atoms with E-state index in [-0.39, 0.29) is 29.8 Å². The average Bonchev–Trinajstić information content (AvgIpc) is 2.74. The number of hydrogen-bond acceptors (Lipinski definition) is 5. The number of nitrogens with one attached hydrogen (secondary N) is 1. The molecule has 0 aliphatic carbocycles. The van der Waals surface area contributed by atoms with E-state index in [0.717, 1.165) is 0 Å². The third-order valence-corrected chi connectivity index (χ3v) is 6.69. The summed E-state index contributed by atoms with van der Waals surface area (Å²) < 4.78 is 32.0. The summed E-state index contributed by atoms with van der Waals surface area (Å²) in [6.45, 7) is 0.565. The lowest BCUT2D eigenvalue weighted by Crippen LogP contribution is -2.41. The van der Waals surface area contributed by atoms with Gasteiger partial charge < -0.3 is 10.1 Å². The molecule has 0 atom stereocenters. The number of benzene rings is 2. The van der Waals surface area contributed by atoms with Gasteiger partial charge in [-0.1, -0.05) is 6.07 Å². The zero-order valence-corrected chi connectivity index (χ0v) is 16.3. The zero-order chi connectivity index (χ0) is 20.1. The molecule has 0 saturated carbocycles. The van der Waals surface area contributed by atoms with Gasteiger partial charge in [0, 0.05) is 24.7 Å². The van der Waals surface area contributed by atoms with Gasteiger partial charge in [0.2, 0.25) is 15.9 Å². The lowest BCUT2D eigenvalue weighted by molar-refractivity contribution is -0.120. The quantitative estimate of drug-likeness (QED) is 0.833. The Bertz CT molecular complexity index is 989. The van der Waals surface area contributed by atoms with Crippen LogP contribution in [-0.2, 0) is 14.8 Å². The van der Waals surface area contributed by atoms with Gasteiger partial charge in [-0.2, -0.15) is 9.57 Å². The Hall–Kier alpha value is -2.89. The maximum Gasteiger partial charge on any atom is 0.243 e. The molecule has 0 unspecified atom stereocenters. The first-order valence-corrected chi connectivity index (χ1v) is 10.3. The number of methoxy groups -OCH3 is 1. The van der Waals surface area contributed by atoms with Gasteiger partial charge in [0.25, 0.3) is 0 Å². The summed E-state index contributed by atoms with van der Waals surface area (Å²) in [6, 6.07) is 15.0. The van der Waals surface area contributed by atoms with Crippen molar-refractivity contribution < 1.29 is 17.9 Å². The van der Waals surface area contributed by atoms with Gasteiger partial charge in [0.1, 0.15) is 5.75 Å². The normalized spacial score (nSPS) is 15.6. The highest BCUT2D eigenvalue weighted by Gasteiger charge is 2.32. The number of sulfonamides is 1. The number of nitriles is 1. The van der Waals surface area contributed by atoms with E-state index in [4.69, 9.17) is 10.00 Å². The van der Waals surface area contributed by atoms with E-state index in [1.165, 1.54) is 23.5 Å². The molecule has 1 amide bonds. The molecule has 8 heteroatoms. The van der Waals surface area contributed by atoms with E-state index in [1.54, 1.807) is 36.4 Å². The van der Waals surface area contributed by atoms with Crippen molar-refractivity contribution in [2.24, 2.45) is 5.92 Å². The lowest BCUT2D eigenvalue weighted by atomic mass is 9.97. The van der Waals surface area contributed by atoms with Crippen LogP contribution in [0.3, 0.4) is 0 Å². The minimum absolute atomic E-state index is 0.156. The predicted octanol–water partition coefficient (Wildman–Crippen LogP) is 2.61. The Morgan fingerprint density at radius 1 is 1.18 bits per heavy atom. The van der Waals surface area contributed by atoms with Crippen molar-refractivity contribution >= 4 is 21.6 Å². The van der Waals surface area contributed by atoms with E-state index >= 15 is 0 Å². The van der Waals surface area contributed by atoms with Crippen molar-refractivity contribution in [1.29, 1.82) is 5.26 Å². The number of carbonyl (C=O) groups excluding carboxylic acids is 1. The molecule has 28 heavy (non-hydrogen) atoms. The number of piperidine rings is 1. The largest absolute Gasteiger partial charge is 0.497 e. The monoisotopic (exact) mass is 399 g/mol. The highest BCUT2D eigenvalue weighted by atomic mass is 32.2. The highest BCUT2D eigenvalue weighted by molar-refractivity contribution is 7.89. The van der Waals surface area contributed by atoms with E-state index in [2.05, 4.69) is 5.32 Å². The fourth-order valence-electron chi connectivity index (χ4n) is 3.17. The Balaban J connectivity index is 1.61. The topological polar surface area (TPSA) is 99.5 Å². The van der Waals surface area contributed by atoms with Gasteiger partial charge >= 0.3 is 0 Å². The summed E-state index contributed by atoms with van der Waals surface area (Å²) in [4.78, 5) is 12.7. The molecule has 1 aliphatic heterocycles. The average molecular weight is 399 g/mol. The lowest BCUT2D eigenvalue weighted by Gasteiger charge is -2.30. The van der Waals surface area contributed by atoms with Gasteiger partial charge in [0.15, 0.2) is 0 Å². The van der Waals surface area contributed by atoms with Crippen LogP contribution in [0.25, 0.3) is 0 Å². The van der Waals surface area contributed by atoms with Crippen molar-refractivity contribution in [3.05, 3.63) is 54.1 Å². The molecule has 3 rings (SSSR count). The summed E-state index contributed by atoms with van der Waals surface area (Å²) >= 11 is 0. The van der Waals surface area contributed by atoms with Gasteiger partial charge in [-0.3, -0.25) is 4.79 Å². The van der Waals surface area contributed by atoms with Crippen molar-refractivity contribution in [2.45, 2.75) is 17.7 Å². The van der Waals surface area contributed by atoms with Gasteiger partial charge in [-0.25, -0.2) is 8.42 Å². The maximum atomic E-state index is 12.8. The van der Waals surface area contributed by atoms with Crippen molar-refractivity contribution in [3.8, 4) is 11.8 Å². The minimum atomic E-state index is -3.59. The van der Waals surface area contributed by atoms with Crippen LogP contribution < -0.4 is 10.1 Å². The van der Waals surface area contributed by atoms with E-state index in [9.17, 15) is 13.2 Å². The summed E-state index contributed by atoms with van der Waals surface area (Å²) in [6.07, 6.45) is 0.887. The summed E-state index contributed by atoms with van der Waals surface area (Å²) in [5.41, 5.74) is 1.04. The molecule has 146 valence electrons. The molecule has 1 heterocycles. The van der Waals surface area contributed by atoms with E-state index in [0.29, 0.717) is 29.8 Å². The van der Waals surface area contributed by atoms with Crippen LogP contribution in [0.5, 0.6) is 5.75 Å². The molecule has 0 radical (unpaired) electrons. The van der Waals surface area contributed by atoms with Crippen molar-refractivity contribution in [3.63, 3.8) is 0 Å². The molecule has 2 aromatic carbocycles. The molecule has 2 aromatic rings. The second kappa shape index (κ2) is 8.42. The number of amides is 1. The smallest absolute Gasteiger partial charge is 0.243 e. The van der Waals surface area contributed by atoms with Crippen LogP contribution in [0, 0.1) is 17.2 Å². The third-order valence-electron chi connectivity index (χ3n) is 4.78. The summed E-state index contributed by atoms with van der Waals surface area (Å²) in [7, 11) is -2.07. The number of carbonyl (C=O) groups is 1. The summed E-state index contributed by atoms with van der Waals surface area (Å²) in [5, 5.41) is 11.8. The molecule has 7 nitrogen and oxygen atoms in total. The second-order valence-corrected chi connectivity index (χ2v) is 8.47. The third kappa shape index (κ3) is 4.32. The van der Waals surface area contributed by atoms with Gasteiger partial charge in [-0.05, 0) is 55.3 Å². The molecular weight excluding hydrogens is 378 g/mol. The standard InChI is InChI=1S/C20H21N3O4S/c1-27-18-5-7-19(8-6-18)28(25,26)23-11-9-16(10-12-23)20(24)22-17-4-2-3-15(13-17)14-21/h2-8,13,16H,9-12H2,1H3,(H,22,24). The molecular formula is C20H21N3O4S. The van der Waals surface area contributed by atoms with Crippen LogP contribution in [0.2, 0.25) is 0 Å². The Morgan fingerprint density at radius 3 is 2.46 bits per heavy atom. The minimum Gasteiger partial charge on any atom is -0.497 e. The van der Waals surface area contributed by atoms with E-state index in [1.807, 2.05) is 6.07 Å². The second-order valence-electron chi connectivity index (χ2n) is 6.54. The zero-order valence-electron chi connectivity index (χ0n) is 15.5. The molecule has 1 N–H and O–H groups in total. The van der Waals surface area contributed by atoms with Crippen LogP contribution in [0.4, 0.5) is 5.69 Å². The Morgan fingerprint density at radius 2 is 1.86 bits per heavy atom. The number of ether oxygens (including phenoxy) is 1. The van der Waals surface area contributed by atoms with Crippen LogP contribution >= 0.6 is 0 Å². The highest BCUT2D eigenvalue weighted by Crippen LogP contribution is 2.26. The Labute approximate surface area is 164 Å². The SMILES string of the molecule is COc1ccc(S(=O)(=O)N2CCC(C(=O)Nc3cccc(C#N)c3)CC2)cc1. The number of hydrogen-bond donors (Lipinski definition) is 1. The van der Waals surface area contributed by atoms with Crippen molar-refractivity contribution in [1.82, 2.24) is 4.31 Å². The number of rotatable bonds is 5. The van der Waals surface area contributed by atoms with Crippen LogP contribution in [0.15, 0.2) is 53.4 Å². The molecule has 1 aliphatic rings. The molecule has 0 bridgehead atoms. The molecule has 0 spiro atoms. The van der Waals surface area contributed by atoms with E-state index < -0.39 is 10.0 Å². The number of nitrogens with zero attached hydrogens (tertiary/aromatic N) is 2. The van der Waals surface area contributed by atoms with Crippen molar-refractivity contribution in [2.75, 3.05) is 25.5 Å². The van der Waals surface area contributed by atoms with Gasteiger partial charge in [-0.15, -0.1) is 0 Å². The summed E-state index contributed by atoms with van der Waals surface area (Å²) in [5.74, 6) is 0.166. The maximum absolute atomic E-state index is 12.8. The van der Waals surface area contributed by atoms with Gasteiger partial charge in [0.05, 0.1) is 23.6 Å². The van der Waals surface area contributed by atoms with Crippen LogP contribution in [0.1, 0.15) is 18.4 Å². The number of anilines is 1. The molecule has 1 saturated heterocycles. The predicted molar refractivity (Wildman–Crippen MR) is 104 cm³/mol. The Kier molecular flexibility index (Phi) is 5.97. The fraction of sp³-hybridized carbons (Fsp3) is 0.300. The first-order valence-electron chi connectivity index (χ1n) is 8.89. The van der Waals surface area contributed by atoms with Crippen LogP contribution in [-0.4, -0.2) is 38.8 Å². The molecule has 1 fully saturated rings. The first kappa shape index (κ1) is 19.9. The first-order chi connectivity index (χ1) is 13.4. The molecule has 0 aromatic heterocycles.